The lowest BCUT2D eigenvalue weighted by atomic mass is 9.95. The molecule has 1 saturated heterocycles. The van der Waals surface area contributed by atoms with Crippen LogP contribution in [0.15, 0.2) is 42.0 Å². The Labute approximate surface area is 117 Å². The predicted octanol–water partition coefficient (Wildman–Crippen LogP) is 3.38. The molecule has 1 aliphatic heterocycles. The second-order valence-electron chi connectivity index (χ2n) is 6.40. The van der Waals surface area contributed by atoms with Gasteiger partial charge in [-0.2, -0.15) is 0 Å². The fraction of sp³-hybridized carbons (Fsp3) is 0.529. The highest BCUT2D eigenvalue weighted by molar-refractivity contribution is 5.21. The van der Waals surface area contributed by atoms with Gasteiger partial charge >= 0.3 is 0 Å². The minimum absolute atomic E-state index is 0.195. The van der Waals surface area contributed by atoms with Crippen LogP contribution in [0.2, 0.25) is 0 Å². The fourth-order valence-corrected chi connectivity index (χ4v) is 2.67. The van der Waals surface area contributed by atoms with Gasteiger partial charge in [-0.1, -0.05) is 42.0 Å². The summed E-state index contributed by atoms with van der Waals surface area (Å²) in [5.74, 6) is 0. The van der Waals surface area contributed by atoms with E-state index in [0.717, 1.165) is 19.6 Å². The first-order valence-corrected chi connectivity index (χ1v) is 7.15. The molecule has 1 aromatic rings. The number of allylic oxidation sites excluding steroid dienone is 1. The van der Waals surface area contributed by atoms with Crippen LogP contribution in [0.1, 0.15) is 39.3 Å². The molecule has 2 rings (SSSR count). The molecule has 1 fully saturated rings. The third-order valence-corrected chi connectivity index (χ3v) is 3.73. The first-order chi connectivity index (χ1) is 8.98. The maximum Gasteiger partial charge on any atom is 0.0476 e. The molecule has 1 atom stereocenters. The Bertz CT molecular complexity index is 430. The Morgan fingerprint density at radius 3 is 2.63 bits per heavy atom. The summed E-state index contributed by atoms with van der Waals surface area (Å²) in [7, 11) is 0. The van der Waals surface area contributed by atoms with Crippen LogP contribution in [-0.2, 0) is 0 Å². The van der Waals surface area contributed by atoms with E-state index >= 15 is 0 Å². The van der Waals surface area contributed by atoms with Crippen molar-refractivity contribution in [2.75, 3.05) is 19.6 Å². The number of nitrogens with zero attached hydrogens (tertiary/aromatic N) is 1. The highest BCUT2D eigenvalue weighted by Gasteiger charge is 2.32. The zero-order chi connectivity index (χ0) is 13.9. The van der Waals surface area contributed by atoms with Gasteiger partial charge in [0.15, 0.2) is 0 Å². The molecule has 1 aliphatic rings. The predicted molar refractivity (Wildman–Crippen MR) is 82.3 cm³/mol. The van der Waals surface area contributed by atoms with Crippen LogP contribution in [0.4, 0.5) is 0 Å². The van der Waals surface area contributed by atoms with Gasteiger partial charge < -0.3 is 5.32 Å². The van der Waals surface area contributed by atoms with Gasteiger partial charge in [-0.3, -0.25) is 4.90 Å². The summed E-state index contributed by atoms with van der Waals surface area (Å²) >= 11 is 0. The van der Waals surface area contributed by atoms with Crippen LogP contribution < -0.4 is 5.32 Å². The van der Waals surface area contributed by atoms with Crippen LogP contribution in [0.25, 0.3) is 0 Å². The molecule has 2 nitrogen and oxygen atoms in total. The van der Waals surface area contributed by atoms with Gasteiger partial charge in [0, 0.05) is 31.2 Å². The molecule has 0 amide bonds. The maximum absolute atomic E-state index is 3.66. The van der Waals surface area contributed by atoms with Crippen molar-refractivity contribution in [3.8, 4) is 0 Å². The maximum atomic E-state index is 3.66. The Hall–Kier alpha value is -1.12. The van der Waals surface area contributed by atoms with Gasteiger partial charge in [-0.05, 0) is 33.3 Å². The number of piperazine rings is 1. The van der Waals surface area contributed by atoms with Crippen LogP contribution in [0.3, 0.4) is 0 Å². The Morgan fingerprint density at radius 1 is 1.32 bits per heavy atom. The molecule has 2 heteroatoms. The molecule has 1 heterocycles. The summed E-state index contributed by atoms with van der Waals surface area (Å²) in [6.07, 6.45) is 2.33. The minimum Gasteiger partial charge on any atom is -0.309 e. The zero-order valence-corrected chi connectivity index (χ0v) is 12.6. The van der Waals surface area contributed by atoms with Gasteiger partial charge in [-0.25, -0.2) is 0 Å². The third kappa shape index (κ3) is 3.92. The number of benzene rings is 1. The average molecular weight is 258 g/mol. The lowest BCUT2D eigenvalue weighted by Gasteiger charge is -2.44. The van der Waals surface area contributed by atoms with E-state index in [2.05, 4.69) is 74.3 Å². The van der Waals surface area contributed by atoms with Gasteiger partial charge in [0.2, 0.25) is 0 Å². The van der Waals surface area contributed by atoms with Crippen molar-refractivity contribution >= 4 is 0 Å². The summed E-state index contributed by atoms with van der Waals surface area (Å²) in [5, 5.41) is 3.66. The largest absolute Gasteiger partial charge is 0.309 e. The highest BCUT2D eigenvalue weighted by Crippen LogP contribution is 2.26. The smallest absolute Gasteiger partial charge is 0.0476 e. The highest BCUT2D eigenvalue weighted by atomic mass is 15.2. The Morgan fingerprint density at radius 2 is 2.00 bits per heavy atom. The summed E-state index contributed by atoms with van der Waals surface area (Å²) in [6.45, 7) is 12.0. The van der Waals surface area contributed by atoms with Gasteiger partial charge in [0.25, 0.3) is 0 Å². The van der Waals surface area contributed by atoms with Crippen LogP contribution in [0, 0.1) is 0 Å². The van der Waals surface area contributed by atoms with Crippen LogP contribution in [-0.4, -0.2) is 30.1 Å². The number of nitrogens with one attached hydrogen (secondary N) is 1. The summed E-state index contributed by atoms with van der Waals surface area (Å²) in [5.41, 5.74) is 3.00. The van der Waals surface area contributed by atoms with Gasteiger partial charge in [0.05, 0.1) is 0 Å². The van der Waals surface area contributed by atoms with E-state index in [1.807, 2.05) is 0 Å². The Kier molecular flexibility index (Phi) is 4.43. The molecule has 0 bridgehead atoms. The molecule has 0 saturated carbocycles. The van der Waals surface area contributed by atoms with Crippen molar-refractivity contribution in [3.63, 3.8) is 0 Å². The van der Waals surface area contributed by atoms with E-state index in [1.54, 1.807) is 0 Å². The summed E-state index contributed by atoms with van der Waals surface area (Å²) in [6, 6.07) is 11.3. The third-order valence-electron chi connectivity index (χ3n) is 3.73. The molecule has 19 heavy (non-hydrogen) atoms. The van der Waals surface area contributed by atoms with E-state index < -0.39 is 0 Å². The second kappa shape index (κ2) is 5.89. The average Bonchev–Trinajstić information content (AvgIpc) is 2.36. The molecule has 0 spiro atoms. The number of hydrogen-bond acceptors (Lipinski definition) is 2. The zero-order valence-electron chi connectivity index (χ0n) is 12.6. The summed E-state index contributed by atoms with van der Waals surface area (Å²) < 4.78 is 0. The monoisotopic (exact) mass is 258 g/mol. The molecular weight excluding hydrogens is 232 g/mol. The van der Waals surface area contributed by atoms with Crippen molar-refractivity contribution in [1.82, 2.24) is 10.2 Å². The lowest BCUT2D eigenvalue weighted by molar-refractivity contribution is 0.107. The lowest BCUT2D eigenvalue weighted by Crippen LogP contribution is -2.58. The standard InChI is InChI=1S/C17H26N2/c1-14(2)10-11-19-13-17(3,4)18-12-16(19)15-8-6-5-7-9-15/h5-10,16,18H,11-13H2,1-4H3. The fourth-order valence-electron chi connectivity index (χ4n) is 2.67. The van der Waals surface area contributed by atoms with E-state index in [4.69, 9.17) is 0 Å². The van der Waals surface area contributed by atoms with Gasteiger partial charge in [0.1, 0.15) is 0 Å². The van der Waals surface area contributed by atoms with Gasteiger partial charge in [-0.15, -0.1) is 0 Å². The minimum atomic E-state index is 0.195. The second-order valence-corrected chi connectivity index (χ2v) is 6.40. The Balaban J connectivity index is 2.18. The SMILES string of the molecule is CC(C)=CCN1CC(C)(C)NCC1c1ccccc1. The number of hydrogen-bond donors (Lipinski definition) is 1. The molecule has 104 valence electrons. The molecule has 0 aliphatic carbocycles. The first-order valence-electron chi connectivity index (χ1n) is 7.15. The van der Waals surface area contributed by atoms with Crippen molar-refractivity contribution in [2.45, 2.75) is 39.3 Å². The van der Waals surface area contributed by atoms with E-state index in [-0.39, 0.29) is 5.54 Å². The topological polar surface area (TPSA) is 15.3 Å². The summed E-state index contributed by atoms with van der Waals surface area (Å²) in [4.78, 5) is 2.58. The molecule has 0 aromatic heterocycles. The van der Waals surface area contributed by atoms with Crippen molar-refractivity contribution in [2.24, 2.45) is 0 Å². The van der Waals surface area contributed by atoms with Crippen molar-refractivity contribution in [3.05, 3.63) is 47.5 Å². The number of rotatable bonds is 3. The van der Waals surface area contributed by atoms with E-state index in [9.17, 15) is 0 Å². The van der Waals surface area contributed by atoms with Crippen molar-refractivity contribution < 1.29 is 0 Å². The quantitative estimate of drug-likeness (QED) is 0.836. The normalized spacial score (nSPS) is 23.1. The van der Waals surface area contributed by atoms with E-state index in [0.29, 0.717) is 6.04 Å². The van der Waals surface area contributed by atoms with Crippen LogP contribution >= 0.6 is 0 Å². The first kappa shape index (κ1) is 14.3. The van der Waals surface area contributed by atoms with Crippen molar-refractivity contribution in [1.29, 1.82) is 0 Å². The molecule has 1 N–H and O–H groups in total. The molecule has 1 aromatic carbocycles. The molecular formula is C17H26N2. The molecule has 1 unspecified atom stereocenters. The van der Waals surface area contributed by atoms with Crippen LogP contribution in [0.5, 0.6) is 0 Å². The van der Waals surface area contributed by atoms with E-state index in [1.165, 1.54) is 11.1 Å². The molecule has 0 radical (unpaired) electrons.